The number of carbonyl (C=O) groups excluding carboxylic acids is 1. The van der Waals surface area contributed by atoms with Crippen molar-refractivity contribution in [3.63, 3.8) is 0 Å². The summed E-state index contributed by atoms with van der Waals surface area (Å²) in [7, 11) is 3.20. The van der Waals surface area contributed by atoms with E-state index >= 15 is 0 Å². The largest absolute Gasteiger partial charge is 0.493 e. The quantitative estimate of drug-likeness (QED) is 0.749. The summed E-state index contributed by atoms with van der Waals surface area (Å²) in [5.41, 5.74) is 3.14. The second-order valence-corrected chi connectivity index (χ2v) is 6.61. The molecule has 146 valence electrons. The average molecular weight is 371 g/mol. The lowest BCUT2D eigenvalue weighted by Crippen LogP contribution is -2.38. The molecule has 0 unspecified atom stereocenters. The third-order valence-corrected chi connectivity index (χ3v) is 4.54. The molecule has 2 aromatic carbocycles. The van der Waals surface area contributed by atoms with Gasteiger partial charge >= 0.3 is 0 Å². The Morgan fingerprint density at radius 2 is 1.67 bits per heavy atom. The van der Waals surface area contributed by atoms with Crippen molar-refractivity contribution >= 4 is 5.91 Å². The molecular formula is C22H29NO4. The van der Waals surface area contributed by atoms with E-state index in [-0.39, 0.29) is 11.9 Å². The average Bonchev–Trinajstić information content (AvgIpc) is 2.67. The van der Waals surface area contributed by atoms with Gasteiger partial charge < -0.3 is 19.5 Å². The van der Waals surface area contributed by atoms with Crippen molar-refractivity contribution in [2.45, 2.75) is 46.3 Å². The van der Waals surface area contributed by atoms with Crippen LogP contribution in [0.25, 0.3) is 0 Å². The molecule has 5 heteroatoms. The van der Waals surface area contributed by atoms with Gasteiger partial charge in [0.25, 0.3) is 5.91 Å². The van der Waals surface area contributed by atoms with E-state index in [1.807, 2.05) is 57.2 Å². The molecule has 0 saturated heterocycles. The van der Waals surface area contributed by atoms with Gasteiger partial charge in [-0.2, -0.15) is 0 Å². The van der Waals surface area contributed by atoms with Crippen LogP contribution in [0.4, 0.5) is 0 Å². The van der Waals surface area contributed by atoms with Crippen LogP contribution in [0.3, 0.4) is 0 Å². The van der Waals surface area contributed by atoms with E-state index in [2.05, 4.69) is 5.32 Å². The number of hydrogen-bond acceptors (Lipinski definition) is 4. The molecule has 2 rings (SSSR count). The molecule has 5 nitrogen and oxygen atoms in total. The predicted molar refractivity (Wildman–Crippen MR) is 107 cm³/mol. The van der Waals surface area contributed by atoms with E-state index < -0.39 is 6.10 Å². The lowest BCUT2D eigenvalue weighted by atomic mass is 10.0. The normalized spacial score (nSPS) is 12.8. The van der Waals surface area contributed by atoms with E-state index in [0.29, 0.717) is 11.5 Å². The van der Waals surface area contributed by atoms with Crippen molar-refractivity contribution in [3.05, 3.63) is 53.1 Å². The summed E-state index contributed by atoms with van der Waals surface area (Å²) in [5, 5.41) is 3.06. The lowest BCUT2D eigenvalue weighted by Gasteiger charge is -2.22. The zero-order chi connectivity index (χ0) is 20.0. The molecule has 0 aliphatic heterocycles. The highest BCUT2D eigenvalue weighted by Crippen LogP contribution is 2.31. The van der Waals surface area contributed by atoms with Crippen molar-refractivity contribution in [2.24, 2.45) is 0 Å². The molecule has 0 bridgehead atoms. The minimum Gasteiger partial charge on any atom is -0.493 e. The van der Waals surface area contributed by atoms with Crippen LogP contribution >= 0.6 is 0 Å². The molecule has 0 aliphatic rings. The highest BCUT2D eigenvalue weighted by atomic mass is 16.5. The molecule has 0 aromatic heterocycles. The van der Waals surface area contributed by atoms with Crippen molar-refractivity contribution in [1.82, 2.24) is 5.32 Å². The number of hydrogen-bond donors (Lipinski definition) is 1. The number of amides is 1. The first-order valence-corrected chi connectivity index (χ1v) is 9.15. The summed E-state index contributed by atoms with van der Waals surface area (Å²) < 4.78 is 16.5. The van der Waals surface area contributed by atoms with Gasteiger partial charge in [-0.15, -0.1) is 0 Å². The second kappa shape index (κ2) is 9.31. The number of methoxy groups -OCH3 is 2. The third kappa shape index (κ3) is 5.16. The Bertz CT molecular complexity index is 788. The van der Waals surface area contributed by atoms with Gasteiger partial charge in [0.1, 0.15) is 5.75 Å². The van der Waals surface area contributed by atoms with Crippen LogP contribution in [-0.4, -0.2) is 26.2 Å². The second-order valence-electron chi connectivity index (χ2n) is 6.61. The standard InChI is InChI=1S/C22H29NO4/c1-7-18(17-9-11-20(25-5)21(13-17)26-6)23-22(24)16(4)27-19-10-8-14(2)12-15(19)3/h8-13,16,18H,7H2,1-6H3,(H,23,24)/t16-,18-/m1/s1. The highest BCUT2D eigenvalue weighted by Gasteiger charge is 2.21. The monoisotopic (exact) mass is 371 g/mol. The van der Waals surface area contributed by atoms with Crippen LogP contribution in [0.15, 0.2) is 36.4 Å². The van der Waals surface area contributed by atoms with Crippen LogP contribution in [0.2, 0.25) is 0 Å². The smallest absolute Gasteiger partial charge is 0.261 e. The van der Waals surface area contributed by atoms with Gasteiger partial charge in [0.2, 0.25) is 0 Å². The summed E-state index contributed by atoms with van der Waals surface area (Å²) >= 11 is 0. The van der Waals surface area contributed by atoms with E-state index in [4.69, 9.17) is 14.2 Å². The number of aryl methyl sites for hydroxylation is 2. The van der Waals surface area contributed by atoms with Gasteiger partial charge in [0.05, 0.1) is 20.3 Å². The number of carbonyl (C=O) groups is 1. The van der Waals surface area contributed by atoms with E-state index in [1.54, 1.807) is 21.1 Å². The van der Waals surface area contributed by atoms with Gasteiger partial charge in [0.15, 0.2) is 17.6 Å². The Hall–Kier alpha value is -2.69. The van der Waals surface area contributed by atoms with Crippen LogP contribution in [-0.2, 0) is 4.79 Å². The van der Waals surface area contributed by atoms with Crippen molar-refractivity contribution in [2.75, 3.05) is 14.2 Å². The summed E-state index contributed by atoms with van der Waals surface area (Å²) in [5.74, 6) is 1.87. The number of ether oxygens (including phenoxy) is 3. The first-order chi connectivity index (χ1) is 12.9. The number of benzene rings is 2. The molecule has 0 spiro atoms. The zero-order valence-electron chi connectivity index (χ0n) is 17.0. The van der Waals surface area contributed by atoms with Gasteiger partial charge in [-0.3, -0.25) is 4.79 Å². The van der Waals surface area contributed by atoms with Crippen LogP contribution in [0.1, 0.15) is 43.0 Å². The first-order valence-electron chi connectivity index (χ1n) is 9.15. The maximum atomic E-state index is 12.7. The van der Waals surface area contributed by atoms with Crippen molar-refractivity contribution in [1.29, 1.82) is 0 Å². The maximum Gasteiger partial charge on any atom is 0.261 e. The summed E-state index contributed by atoms with van der Waals surface area (Å²) in [6, 6.07) is 11.5. The number of rotatable bonds is 8. The molecule has 0 saturated carbocycles. The predicted octanol–water partition coefficient (Wildman–Crippen LogP) is 4.36. The topological polar surface area (TPSA) is 56.8 Å². The lowest BCUT2D eigenvalue weighted by molar-refractivity contribution is -0.128. The Kier molecular flexibility index (Phi) is 7.11. The van der Waals surface area contributed by atoms with Crippen LogP contribution < -0.4 is 19.5 Å². The molecule has 1 amide bonds. The minimum atomic E-state index is -0.597. The van der Waals surface area contributed by atoms with E-state index in [9.17, 15) is 4.79 Å². The Morgan fingerprint density at radius 3 is 2.26 bits per heavy atom. The SMILES string of the molecule is CC[C@@H](NC(=O)[C@@H](C)Oc1ccc(C)cc1C)c1ccc(OC)c(OC)c1. The molecule has 2 atom stereocenters. The fourth-order valence-corrected chi connectivity index (χ4v) is 2.96. The first kappa shape index (κ1) is 20.6. The van der Waals surface area contributed by atoms with Gasteiger partial charge in [-0.1, -0.05) is 30.7 Å². The molecule has 0 aliphatic carbocycles. The van der Waals surface area contributed by atoms with Crippen LogP contribution in [0, 0.1) is 13.8 Å². The highest BCUT2D eigenvalue weighted by molar-refractivity contribution is 5.81. The molecule has 2 aromatic rings. The molecule has 0 fully saturated rings. The van der Waals surface area contributed by atoms with Crippen LogP contribution in [0.5, 0.6) is 17.2 Å². The zero-order valence-corrected chi connectivity index (χ0v) is 17.0. The van der Waals surface area contributed by atoms with Gasteiger partial charge in [-0.25, -0.2) is 0 Å². The summed E-state index contributed by atoms with van der Waals surface area (Å²) in [4.78, 5) is 12.7. The number of nitrogens with one attached hydrogen (secondary N) is 1. The fourth-order valence-electron chi connectivity index (χ4n) is 2.96. The van der Waals surface area contributed by atoms with E-state index in [0.717, 1.165) is 28.9 Å². The summed E-state index contributed by atoms with van der Waals surface area (Å²) in [6.45, 7) is 7.79. The Labute approximate surface area is 161 Å². The van der Waals surface area contributed by atoms with E-state index in [1.165, 1.54) is 0 Å². The maximum absolute atomic E-state index is 12.7. The molecule has 27 heavy (non-hydrogen) atoms. The van der Waals surface area contributed by atoms with Gasteiger partial charge in [-0.05, 0) is 56.5 Å². The molecule has 1 N–H and O–H groups in total. The molecule has 0 heterocycles. The Balaban J connectivity index is 2.09. The van der Waals surface area contributed by atoms with Crippen molar-refractivity contribution in [3.8, 4) is 17.2 Å². The van der Waals surface area contributed by atoms with Crippen molar-refractivity contribution < 1.29 is 19.0 Å². The summed E-state index contributed by atoms with van der Waals surface area (Å²) in [6.07, 6.45) is 0.151. The van der Waals surface area contributed by atoms with Gasteiger partial charge in [0, 0.05) is 0 Å². The molecular weight excluding hydrogens is 342 g/mol. The Morgan fingerprint density at radius 1 is 1.00 bits per heavy atom. The third-order valence-electron chi connectivity index (χ3n) is 4.54. The fraction of sp³-hybridized carbons (Fsp3) is 0.409. The molecule has 0 radical (unpaired) electrons. The minimum absolute atomic E-state index is 0.137.